The number of nitriles is 1. The molecule has 1 heterocycles. The number of rotatable bonds is 8. The number of hydrogen-bond acceptors (Lipinski definition) is 6. The zero-order chi connectivity index (χ0) is 24.8. The smallest absolute Gasteiger partial charge is 0.387 e. The molecule has 0 radical (unpaired) electrons. The van der Waals surface area contributed by atoms with E-state index in [4.69, 9.17) is 9.47 Å². The average Bonchev–Trinajstić information content (AvgIpc) is 3.06. The Bertz CT molecular complexity index is 1250. The molecule has 0 atom stereocenters. The summed E-state index contributed by atoms with van der Waals surface area (Å²) in [5, 5.41) is 12.3. The topological polar surface area (TPSA) is 103 Å². The standard InChI is InChI=1S/C24H21F2N3O5/c1-14-15(2)29(17-7-5-4-6-8-17)22(18(14)12-27)28-21(30)13-33-23(31)16-9-10-19(34-24(25)26)20(11-16)32-3/h4-11,24H,13H2,1-3H3,(H,28,30). The molecule has 10 heteroatoms. The first kappa shape index (κ1) is 24.3. The number of hydrogen-bond donors (Lipinski definition) is 1. The molecular weight excluding hydrogens is 448 g/mol. The third-order valence-electron chi connectivity index (χ3n) is 5.05. The van der Waals surface area contributed by atoms with Crippen molar-refractivity contribution >= 4 is 17.7 Å². The molecule has 0 aliphatic carbocycles. The Labute approximate surface area is 194 Å². The van der Waals surface area contributed by atoms with E-state index in [9.17, 15) is 23.6 Å². The normalized spacial score (nSPS) is 10.5. The quantitative estimate of drug-likeness (QED) is 0.492. The Kier molecular flexibility index (Phi) is 7.48. The predicted molar refractivity (Wildman–Crippen MR) is 118 cm³/mol. The highest BCUT2D eigenvalue weighted by atomic mass is 19.3. The van der Waals surface area contributed by atoms with Crippen LogP contribution in [-0.4, -0.2) is 36.8 Å². The summed E-state index contributed by atoms with van der Waals surface area (Å²) in [7, 11) is 1.23. The Balaban J connectivity index is 1.76. The van der Waals surface area contributed by atoms with Crippen molar-refractivity contribution in [2.75, 3.05) is 19.0 Å². The zero-order valence-electron chi connectivity index (χ0n) is 18.6. The maximum atomic E-state index is 12.6. The third-order valence-corrected chi connectivity index (χ3v) is 5.05. The van der Waals surface area contributed by atoms with Gasteiger partial charge in [0, 0.05) is 11.4 Å². The SMILES string of the molecule is COc1cc(C(=O)OCC(=O)Nc2c(C#N)c(C)c(C)n2-c2ccccc2)ccc1OC(F)F. The van der Waals surface area contributed by atoms with Gasteiger partial charge in [-0.3, -0.25) is 9.36 Å². The van der Waals surface area contributed by atoms with Gasteiger partial charge in [0.15, 0.2) is 18.1 Å². The molecule has 1 amide bonds. The Morgan fingerprint density at radius 1 is 1.12 bits per heavy atom. The lowest BCUT2D eigenvalue weighted by atomic mass is 10.2. The number of nitrogens with zero attached hydrogens (tertiary/aromatic N) is 2. The number of alkyl halides is 2. The summed E-state index contributed by atoms with van der Waals surface area (Å²) in [5.41, 5.74) is 2.49. The molecule has 1 aromatic heterocycles. The number of carbonyl (C=O) groups excluding carboxylic acids is 2. The molecule has 0 aliphatic rings. The van der Waals surface area contributed by atoms with Gasteiger partial charge < -0.3 is 19.5 Å². The maximum Gasteiger partial charge on any atom is 0.387 e. The van der Waals surface area contributed by atoms with E-state index in [2.05, 4.69) is 16.1 Å². The fourth-order valence-electron chi connectivity index (χ4n) is 3.33. The first-order valence-corrected chi connectivity index (χ1v) is 10.0. The Morgan fingerprint density at radius 3 is 2.44 bits per heavy atom. The molecule has 3 rings (SSSR count). The summed E-state index contributed by atoms with van der Waals surface area (Å²) in [6.07, 6.45) is 0. The number of carbonyl (C=O) groups is 2. The van der Waals surface area contributed by atoms with Crippen LogP contribution in [0.2, 0.25) is 0 Å². The van der Waals surface area contributed by atoms with E-state index in [1.165, 1.54) is 19.2 Å². The molecule has 0 bridgehead atoms. The van der Waals surface area contributed by atoms with Crippen LogP contribution in [0.5, 0.6) is 11.5 Å². The van der Waals surface area contributed by atoms with Gasteiger partial charge in [-0.05, 0) is 49.7 Å². The number of amides is 1. The van der Waals surface area contributed by atoms with E-state index in [1.807, 2.05) is 37.3 Å². The minimum atomic E-state index is -3.06. The number of ether oxygens (including phenoxy) is 3. The molecule has 0 fully saturated rings. The minimum absolute atomic E-state index is 0.0247. The van der Waals surface area contributed by atoms with Crippen molar-refractivity contribution in [2.45, 2.75) is 20.5 Å². The van der Waals surface area contributed by atoms with Gasteiger partial charge >= 0.3 is 12.6 Å². The molecule has 0 unspecified atom stereocenters. The number of esters is 1. The molecule has 8 nitrogen and oxygen atoms in total. The van der Waals surface area contributed by atoms with Crippen molar-refractivity contribution in [3.63, 3.8) is 0 Å². The highest BCUT2D eigenvalue weighted by Crippen LogP contribution is 2.31. The molecule has 176 valence electrons. The number of benzene rings is 2. The summed E-state index contributed by atoms with van der Waals surface area (Å²) >= 11 is 0. The Morgan fingerprint density at radius 2 is 1.82 bits per heavy atom. The van der Waals surface area contributed by atoms with Crippen molar-refractivity contribution in [3.05, 3.63) is 70.9 Å². The summed E-state index contributed by atoms with van der Waals surface area (Å²) in [6.45, 7) is -0.0963. The molecule has 0 saturated carbocycles. The number of nitrogens with one attached hydrogen (secondary N) is 1. The van der Waals surface area contributed by atoms with E-state index in [1.54, 1.807) is 11.5 Å². The zero-order valence-corrected chi connectivity index (χ0v) is 18.6. The summed E-state index contributed by atoms with van der Waals surface area (Å²) in [6, 6.07) is 14.8. The third kappa shape index (κ3) is 5.15. The lowest BCUT2D eigenvalue weighted by Crippen LogP contribution is -2.23. The van der Waals surface area contributed by atoms with Crippen LogP contribution in [-0.2, 0) is 9.53 Å². The molecular formula is C24H21F2N3O5. The number of anilines is 1. The van der Waals surface area contributed by atoms with Crippen LogP contribution in [0.1, 0.15) is 27.2 Å². The molecule has 2 aromatic carbocycles. The van der Waals surface area contributed by atoms with E-state index in [-0.39, 0.29) is 22.9 Å². The number of halogens is 2. The lowest BCUT2D eigenvalue weighted by Gasteiger charge is -2.13. The fraction of sp³-hybridized carbons (Fsp3) is 0.208. The van der Waals surface area contributed by atoms with Gasteiger partial charge in [0.25, 0.3) is 5.91 Å². The number of methoxy groups -OCH3 is 1. The van der Waals surface area contributed by atoms with E-state index in [0.717, 1.165) is 17.4 Å². The van der Waals surface area contributed by atoms with Crippen molar-refractivity contribution in [1.82, 2.24) is 4.57 Å². The first-order valence-electron chi connectivity index (χ1n) is 10.0. The fourth-order valence-corrected chi connectivity index (χ4v) is 3.33. The van der Waals surface area contributed by atoms with E-state index >= 15 is 0 Å². The maximum absolute atomic E-state index is 12.6. The molecule has 0 aliphatic heterocycles. The van der Waals surface area contributed by atoms with Gasteiger partial charge in [-0.1, -0.05) is 18.2 Å². The van der Waals surface area contributed by atoms with Crippen LogP contribution < -0.4 is 14.8 Å². The molecule has 0 spiro atoms. The van der Waals surface area contributed by atoms with Gasteiger partial charge in [0.2, 0.25) is 0 Å². The largest absolute Gasteiger partial charge is 0.493 e. The predicted octanol–water partition coefficient (Wildman–Crippen LogP) is 4.37. The minimum Gasteiger partial charge on any atom is -0.493 e. The summed E-state index contributed by atoms with van der Waals surface area (Å²) in [5.74, 6) is -1.61. The second kappa shape index (κ2) is 10.5. The van der Waals surface area contributed by atoms with Crippen LogP contribution in [0.3, 0.4) is 0 Å². The van der Waals surface area contributed by atoms with Gasteiger partial charge in [-0.25, -0.2) is 4.79 Å². The van der Waals surface area contributed by atoms with Crippen molar-refractivity contribution in [1.29, 1.82) is 5.26 Å². The van der Waals surface area contributed by atoms with Gasteiger partial charge in [-0.15, -0.1) is 0 Å². The second-order valence-corrected chi connectivity index (χ2v) is 7.09. The molecule has 1 N–H and O–H groups in total. The second-order valence-electron chi connectivity index (χ2n) is 7.09. The number of para-hydroxylation sites is 1. The van der Waals surface area contributed by atoms with Gasteiger partial charge in [0.1, 0.15) is 11.9 Å². The van der Waals surface area contributed by atoms with Crippen LogP contribution in [0, 0.1) is 25.2 Å². The van der Waals surface area contributed by atoms with Crippen LogP contribution in [0.4, 0.5) is 14.6 Å². The van der Waals surface area contributed by atoms with Crippen molar-refractivity contribution in [3.8, 4) is 23.3 Å². The molecule has 34 heavy (non-hydrogen) atoms. The molecule has 3 aromatic rings. The van der Waals surface area contributed by atoms with Crippen LogP contribution in [0.25, 0.3) is 5.69 Å². The molecule has 0 saturated heterocycles. The van der Waals surface area contributed by atoms with Gasteiger partial charge in [-0.2, -0.15) is 14.0 Å². The van der Waals surface area contributed by atoms with Crippen LogP contribution >= 0.6 is 0 Å². The first-order chi connectivity index (χ1) is 16.3. The van der Waals surface area contributed by atoms with Crippen molar-refractivity contribution in [2.24, 2.45) is 0 Å². The highest BCUT2D eigenvalue weighted by Gasteiger charge is 2.22. The van der Waals surface area contributed by atoms with Crippen LogP contribution in [0.15, 0.2) is 48.5 Å². The van der Waals surface area contributed by atoms with E-state index in [0.29, 0.717) is 11.1 Å². The Hall–Kier alpha value is -4.39. The van der Waals surface area contributed by atoms with E-state index < -0.39 is 25.1 Å². The monoisotopic (exact) mass is 469 g/mol. The highest BCUT2D eigenvalue weighted by molar-refractivity contribution is 5.96. The van der Waals surface area contributed by atoms with Gasteiger partial charge in [0.05, 0.1) is 18.2 Å². The van der Waals surface area contributed by atoms with Crippen molar-refractivity contribution < 1.29 is 32.6 Å². The number of aromatic nitrogens is 1. The summed E-state index contributed by atoms with van der Waals surface area (Å²) in [4.78, 5) is 24.9. The summed E-state index contributed by atoms with van der Waals surface area (Å²) < 4.78 is 41.0. The lowest BCUT2D eigenvalue weighted by molar-refractivity contribution is -0.119. The average molecular weight is 469 g/mol.